The monoisotopic (exact) mass is 1140 g/mol. The first-order valence-electron chi connectivity index (χ1n) is 23.2. The van der Waals surface area contributed by atoms with Crippen LogP contribution in [-0.2, 0) is 25.7 Å². The number of methoxy groups -OCH3 is 1. The molecule has 0 radical (unpaired) electrons. The van der Waals surface area contributed by atoms with Crippen LogP contribution in [-0.4, -0.2) is 103 Å². The number of aliphatic hydroxyl groups excluding tert-OH is 1. The lowest BCUT2D eigenvalue weighted by atomic mass is 10.0. The molecule has 1 aliphatic heterocycles. The van der Waals surface area contributed by atoms with Crippen LogP contribution in [0.4, 0.5) is 10.9 Å². The fourth-order valence-electron chi connectivity index (χ4n) is 7.61. The summed E-state index contributed by atoms with van der Waals surface area (Å²) in [5, 5.41) is 37.2. The van der Waals surface area contributed by atoms with Gasteiger partial charge in [-0.3, -0.25) is 34.1 Å². The number of anilines is 2. The molecule has 0 saturated carbocycles. The highest BCUT2D eigenvalue weighted by Crippen LogP contribution is 2.40. The van der Waals surface area contributed by atoms with E-state index in [9.17, 15) is 33.9 Å². The number of ether oxygens (including phenoxy) is 1. The second-order valence-corrected chi connectivity index (χ2v) is 22.5. The molecule has 3 atom stereocenters. The lowest BCUT2D eigenvalue weighted by molar-refractivity contribution is -0.122. The Kier molecular flexibility index (Phi) is 17.1. The van der Waals surface area contributed by atoms with Gasteiger partial charge in [-0.15, -0.1) is 56.7 Å². The Morgan fingerprint density at radius 3 is 2.29 bits per heavy atom. The van der Waals surface area contributed by atoms with Gasteiger partial charge in [0.15, 0.2) is 5.13 Å². The predicted octanol–water partition coefficient (Wildman–Crippen LogP) is 6.50. The summed E-state index contributed by atoms with van der Waals surface area (Å²) in [5.41, 5.74) is 8.32. The third-order valence-corrected chi connectivity index (χ3v) is 16.9. The molecule has 0 saturated heterocycles. The van der Waals surface area contributed by atoms with Crippen molar-refractivity contribution in [1.29, 1.82) is 0 Å². The third-order valence-electron chi connectivity index (χ3n) is 11.4. The lowest BCUT2D eigenvalue weighted by Crippen LogP contribution is -2.40. The van der Waals surface area contributed by atoms with Crippen molar-refractivity contribution in [3.05, 3.63) is 106 Å². The highest BCUT2D eigenvalue weighted by Gasteiger charge is 2.31. The number of thiazole rings is 6. The topological polar surface area (TPSA) is 320 Å². The van der Waals surface area contributed by atoms with Crippen LogP contribution >= 0.6 is 68.0 Å². The minimum absolute atomic E-state index is 0.00302. The molecule has 9 rings (SSSR count). The fourth-order valence-corrected chi connectivity index (χ4v) is 12.8. The Labute approximate surface area is 457 Å². The Morgan fingerprint density at radius 1 is 0.750 bits per heavy atom. The standard InChI is InChI=1S/C48H46N14O8S6/c1-22-35-42(69)62-48-61-37(30(76-48)17-70-3)41(68)51-16-34(65)59-38(39(66)23-9-5-4-6-10-23)47-56-29(20-73-47)45-54-27(18-72-45)36-24(12-13-25(52-36)44-58-31(21-74-44)57-32(63)11-7-8-14-49)43-55-28(19-71-43)40(67)53-26(15-33(64)50-2)46(60-35)75-22/h4-6,9-10,12-13,18-21,26,38-39,66H,7-8,11,14-17,49H2,1-3H3,(H,50,64)(H,51,68)(H,53,67)(H,57,63)(H,59,65)(H,61,62,69)/t26-,38-,39-/m0/s1. The lowest BCUT2D eigenvalue weighted by Gasteiger charge is -2.23. The number of aliphatic hydroxyl groups is 1. The molecular formula is C48H46N14O8S6. The van der Waals surface area contributed by atoms with Crippen LogP contribution in [0.1, 0.15) is 101 Å². The van der Waals surface area contributed by atoms with Gasteiger partial charge in [0.1, 0.15) is 77.2 Å². The first-order chi connectivity index (χ1) is 36.8. The number of aromatic nitrogens is 7. The Hall–Kier alpha value is -7.15. The molecular weight excluding hydrogens is 1090 g/mol. The van der Waals surface area contributed by atoms with Crippen molar-refractivity contribution < 1.29 is 38.6 Å². The summed E-state index contributed by atoms with van der Waals surface area (Å²) >= 11 is 7.04. The van der Waals surface area contributed by atoms with Crippen molar-refractivity contribution in [2.24, 2.45) is 5.73 Å². The van der Waals surface area contributed by atoms with Gasteiger partial charge in [0, 0.05) is 52.5 Å². The van der Waals surface area contributed by atoms with E-state index in [4.69, 9.17) is 30.4 Å². The number of carbonyl (C=O) groups excluding carboxylic acids is 6. The van der Waals surface area contributed by atoms with E-state index in [1.165, 1.54) is 59.5 Å². The molecule has 76 heavy (non-hydrogen) atoms. The van der Waals surface area contributed by atoms with E-state index in [0.29, 0.717) is 88.9 Å². The fraction of sp³-hybridized carbons (Fsp3) is 0.271. The number of fused-ring (bicyclic) bond motifs is 14. The highest BCUT2D eigenvalue weighted by molar-refractivity contribution is 7.16. The molecule has 392 valence electrons. The van der Waals surface area contributed by atoms with Crippen molar-refractivity contribution in [2.75, 3.05) is 37.9 Å². The number of carbonyl (C=O) groups is 6. The van der Waals surface area contributed by atoms with E-state index in [2.05, 4.69) is 46.9 Å². The van der Waals surface area contributed by atoms with Crippen molar-refractivity contribution in [2.45, 2.75) is 57.4 Å². The molecule has 8 aromatic rings. The van der Waals surface area contributed by atoms with Crippen LogP contribution in [0.3, 0.4) is 0 Å². The van der Waals surface area contributed by atoms with Crippen molar-refractivity contribution in [3.8, 4) is 43.4 Å². The molecule has 10 bridgehead atoms. The largest absolute Gasteiger partial charge is 0.386 e. The maximum atomic E-state index is 14.1. The molecule has 0 aliphatic carbocycles. The molecule has 1 aliphatic rings. The summed E-state index contributed by atoms with van der Waals surface area (Å²) in [6, 6.07) is 10.3. The molecule has 22 nitrogen and oxygen atoms in total. The van der Waals surface area contributed by atoms with E-state index in [1.54, 1.807) is 70.9 Å². The van der Waals surface area contributed by atoms with Crippen LogP contribution in [0.25, 0.3) is 43.4 Å². The molecule has 28 heteroatoms. The minimum atomic E-state index is -1.26. The van der Waals surface area contributed by atoms with Gasteiger partial charge in [0.05, 0.1) is 36.2 Å². The molecule has 7 aromatic heterocycles. The number of rotatable bonds is 12. The second kappa shape index (κ2) is 24.2. The van der Waals surface area contributed by atoms with Gasteiger partial charge in [-0.05, 0) is 44.0 Å². The normalized spacial score (nSPS) is 15.5. The van der Waals surface area contributed by atoms with Gasteiger partial charge in [-0.25, -0.2) is 34.9 Å². The first kappa shape index (κ1) is 53.7. The van der Waals surface area contributed by atoms with E-state index >= 15 is 0 Å². The van der Waals surface area contributed by atoms with Gasteiger partial charge in [-0.2, -0.15) is 0 Å². The van der Waals surface area contributed by atoms with Crippen LogP contribution in [0.15, 0.2) is 64.0 Å². The molecule has 8 heterocycles. The zero-order chi connectivity index (χ0) is 53.5. The maximum absolute atomic E-state index is 14.1. The van der Waals surface area contributed by atoms with Crippen molar-refractivity contribution in [1.82, 2.24) is 56.2 Å². The van der Waals surface area contributed by atoms with Crippen LogP contribution in [0.5, 0.6) is 0 Å². The Bertz CT molecular complexity index is 3440. The number of unbranched alkanes of at least 4 members (excludes halogenated alkanes) is 1. The first-order valence-corrected chi connectivity index (χ1v) is 28.4. The van der Waals surface area contributed by atoms with Gasteiger partial charge in [-0.1, -0.05) is 41.7 Å². The summed E-state index contributed by atoms with van der Waals surface area (Å²) in [4.78, 5) is 115. The number of hydrogen-bond acceptors (Lipinski definition) is 22. The molecule has 6 amide bonds. The summed E-state index contributed by atoms with van der Waals surface area (Å²) in [5.74, 6) is -2.87. The van der Waals surface area contributed by atoms with Gasteiger partial charge >= 0.3 is 0 Å². The van der Waals surface area contributed by atoms with Crippen molar-refractivity contribution >= 4 is 114 Å². The molecule has 9 N–H and O–H groups in total. The number of aryl methyl sites for hydroxylation is 1. The number of benzene rings is 1. The van der Waals surface area contributed by atoms with E-state index in [-0.39, 0.29) is 46.2 Å². The summed E-state index contributed by atoms with van der Waals surface area (Å²) in [6.07, 6.45) is 0.185. The summed E-state index contributed by atoms with van der Waals surface area (Å²) in [6.45, 7) is 1.59. The zero-order valence-corrected chi connectivity index (χ0v) is 45.4. The quantitative estimate of drug-likeness (QED) is 0.0605. The predicted molar refractivity (Wildman–Crippen MR) is 291 cm³/mol. The number of amides is 6. The molecule has 0 spiro atoms. The number of nitrogens with zero attached hydrogens (tertiary/aromatic N) is 7. The van der Waals surface area contributed by atoms with Gasteiger partial charge < -0.3 is 42.2 Å². The average molecular weight is 1140 g/mol. The number of nitrogens with two attached hydrogens (primary N) is 1. The van der Waals surface area contributed by atoms with E-state index in [0.717, 1.165) is 29.1 Å². The zero-order valence-electron chi connectivity index (χ0n) is 40.5. The molecule has 0 unspecified atom stereocenters. The summed E-state index contributed by atoms with van der Waals surface area (Å²) in [7, 11) is 2.90. The maximum Gasteiger partial charge on any atom is 0.277 e. The smallest absolute Gasteiger partial charge is 0.277 e. The molecule has 1 aromatic carbocycles. The number of pyridine rings is 1. The van der Waals surface area contributed by atoms with Crippen LogP contribution in [0, 0.1) is 6.92 Å². The second-order valence-electron chi connectivity index (χ2n) is 16.7. The minimum Gasteiger partial charge on any atom is -0.386 e. The van der Waals surface area contributed by atoms with Crippen molar-refractivity contribution in [3.63, 3.8) is 0 Å². The van der Waals surface area contributed by atoms with E-state index < -0.39 is 54.3 Å². The highest BCUT2D eigenvalue weighted by atomic mass is 32.1. The van der Waals surface area contributed by atoms with E-state index in [1.807, 2.05) is 0 Å². The van der Waals surface area contributed by atoms with Gasteiger partial charge in [0.2, 0.25) is 17.7 Å². The third kappa shape index (κ3) is 12.4. The number of nitrogens with one attached hydrogen (secondary N) is 6. The van der Waals surface area contributed by atoms with Gasteiger partial charge in [0.25, 0.3) is 17.7 Å². The Morgan fingerprint density at radius 2 is 1.50 bits per heavy atom. The number of hydrogen-bond donors (Lipinski definition) is 8. The SMILES string of the molecule is CNC(=O)C[C@@H]1NC(=O)c2csc(n2)-c2ccc(-c3nc(NC(=O)CCCCN)cs3)nc2-c2csc(n2)-c2csc(n2)[C@H]([C@@H](O)c2ccccc2)NC(=O)CNC(=O)c2nc(sc2COC)NC(=O)c2nc1sc2C. The van der Waals surface area contributed by atoms with Crippen LogP contribution < -0.4 is 37.6 Å². The Balaban J connectivity index is 1.11. The molecule has 0 fully saturated rings. The summed E-state index contributed by atoms with van der Waals surface area (Å²) < 4.78 is 5.33. The average Bonchev–Trinajstić information content (AvgIpc) is 4.31. The van der Waals surface area contributed by atoms with Crippen LogP contribution in [0.2, 0.25) is 0 Å².